The SMILES string of the molecule is Cc1cc(S(=O)(=O)C(F)(F)F)ccc1Cl. The predicted octanol–water partition coefficient (Wildman–Crippen LogP) is 2.94. The fraction of sp³-hybridized carbons (Fsp3) is 0.250. The standard InChI is InChI=1S/C8H6ClF3O2S/c1-5-4-6(2-3-7(5)9)15(13,14)8(10,11)12/h2-4H,1H3. The lowest BCUT2D eigenvalue weighted by atomic mass is 10.2. The normalized spacial score (nSPS) is 12.9. The van der Waals surface area contributed by atoms with Gasteiger partial charge in [-0.25, -0.2) is 8.42 Å². The van der Waals surface area contributed by atoms with Crippen molar-refractivity contribution in [2.24, 2.45) is 0 Å². The fourth-order valence-electron chi connectivity index (χ4n) is 0.918. The third-order valence-corrected chi connectivity index (χ3v) is 3.65. The Bertz CT molecular complexity index is 479. The van der Waals surface area contributed by atoms with Gasteiger partial charge in [0.05, 0.1) is 4.90 Å². The van der Waals surface area contributed by atoms with Gasteiger partial charge in [-0.3, -0.25) is 0 Å². The monoisotopic (exact) mass is 258 g/mol. The highest BCUT2D eigenvalue weighted by Crippen LogP contribution is 2.31. The average Bonchev–Trinajstić information content (AvgIpc) is 2.07. The van der Waals surface area contributed by atoms with Gasteiger partial charge < -0.3 is 0 Å². The number of hydrogen-bond donors (Lipinski definition) is 0. The van der Waals surface area contributed by atoms with E-state index in [4.69, 9.17) is 11.6 Å². The fourth-order valence-corrected chi connectivity index (χ4v) is 1.88. The highest BCUT2D eigenvalue weighted by molar-refractivity contribution is 7.92. The smallest absolute Gasteiger partial charge is 0.214 e. The van der Waals surface area contributed by atoms with Crippen LogP contribution < -0.4 is 0 Å². The van der Waals surface area contributed by atoms with Crippen LogP contribution >= 0.6 is 11.6 Å². The quantitative estimate of drug-likeness (QED) is 0.776. The van der Waals surface area contributed by atoms with E-state index in [1.165, 1.54) is 6.92 Å². The van der Waals surface area contributed by atoms with Gasteiger partial charge in [0.15, 0.2) is 0 Å². The average molecular weight is 259 g/mol. The summed E-state index contributed by atoms with van der Waals surface area (Å²) in [7, 11) is -5.27. The summed E-state index contributed by atoms with van der Waals surface area (Å²) >= 11 is 5.57. The van der Waals surface area contributed by atoms with Crippen molar-refractivity contribution in [3.05, 3.63) is 28.8 Å². The van der Waals surface area contributed by atoms with Gasteiger partial charge in [-0.05, 0) is 30.7 Å². The Morgan fingerprint density at radius 2 is 1.80 bits per heavy atom. The van der Waals surface area contributed by atoms with Gasteiger partial charge in [0.2, 0.25) is 0 Å². The molecule has 0 aromatic heterocycles. The summed E-state index contributed by atoms with van der Waals surface area (Å²) in [5.41, 5.74) is -5.00. The molecule has 0 aliphatic carbocycles. The van der Waals surface area contributed by atoms with E-state index >= 15 is 0 Å². The molecule has 2 nitrogen and oxygen atoms in total. The molecule has 0 saturated heterocycles. The van der Waals surface area contributed by atoms with Gasteiger partial charge in [0.1, 0.15) is 0 Å². The van der Waals surface area contributed by atoms with Crippen LogP contribution in [0.5, 0.6) is 0 Å². The second-order valence-electron chi connectivity index (χ2n) is 2.86. The molecule has 7 heteroatoms. The van der Waals surface area contributed by atoms with E-state index in [2.05, 4.69) is 0 Å². The molecule has 1 rings (SSSR count). The molecule has 0 heterocycles. The Hall–Kier alpha value is -0.750. The molecule has 1 aromatic carbocycles. The predicted molar refractivity (Wildman–Crippen MR) is 49.4 cm³/mol. The van der Waals surface area contributed by atoms with E-state index in [0.29, 0.717) is 0 Å². The molecule has 0 radical (unpaired) electrons. The summed E-state index contributed by atoms with van der Waals surface area (Å²) in [4.78, 5) is -0.795. The first-order valence-electron chi connectivity index (χ1n) is 3.74. The molecule has 0 spiro atoms. The highest BCUT2D eigenvalue weighted by Gasteiger charge is 2.46. The van der Waals surface area contributed by atoms with Crippen LogP contribution in [-0.4, -0.2) is 13.9 Å². The van der Waals surface area contributed by atoms with Gasteiger partial charge in [0.25, 0.3) is 9.84 Å². The van der Waals surface area contributed by atoms with Gasteiger partial charge in [-0.15, -0.1) is 0 Å². The van der Waals surface area contributed by atoms with Gasteiger partial charge in [0, 0.05) is 5.02 Å². The second-order valence-corrected chi connectivity index (χ2v) is 5.21. The van der Waals surface area contributed by atoms with E-state index in [0.717, 1.165) is 18.2 Å². The summed E-state index contributed by atoms with van der Waals surface area (Å²) in [5, 5.41) is 0.219. The molecule has 0 N–H and O–H groups in total. The summed E-state index contributed by atoms with van der Waals surface area (Å²) in [5.74, 6) is 0. The van der Waals surface area contributed by atoms with Gasteiger partial charge in [-0.1, -0.05) is 11.6 Å². The van der Waals surface area contributed by atoms with Gasteiger partial charge in [-0.2, -0.15) is 13.2 Å². The van der Waals surface area contributed by atoms with E-state index in [-0.39, 0.29) is 10.6 Å². The van der Waals surface area contributed by atoms with Crippen molar-refractivity contribution in [3.63, 3.8) is 0 Å². The molecule has 15 heavy (non-hydrogen) atoms. The van der Waals surface area contributed by atoms with Crippen molar-refractivity contribution < 1.29 is 21.6 Å². The lowest BCUT2D eigenvalue weighted by Crippen LogP contribution is -2.23. The Morgan fingerprint density at radius 3 is 2.20 bits per heavy atom. The van der Waals surface area contributed by atoms with E-state index in [9.17, 15) is 21.6 Å². The minimum atomic E-state index is -5.28. The first-order chi connectivity index (χ1) is 6.66. The number of sulfone groups is 1. The Balaban J connectivity index is 3.36. The van der Waals surface area contributed by atoms with E-state index < -0.39 is 20.2 Å². The number of halogens is 4. The number of hydrogen-bond acceptors (Lipinski definition) is 2. The number of aryl methyl sites for hydroxylation is 1. The molecule has 0 atom stereocenters. The van der Waals surface area contributed by atoms with Crippen molar-refractivity contribution in [2.75, 3.05) is 0 Å². The highest BCUT2D eigenvalue weighted by atomic mass is 35.5. The number of rotatable bonds is 1. The molecular weight excluding hydrogens is 253 g/mol. The molecule has 0 saturated carbocycles. The van der Waals surface area contributed by atoms with Crippen LogP contribution in [0.4, 0.5) is 13.2 Å². The molecule has 0 unspecified atom stereocenters. The molecule has 0 bridgehead atoms. The molecule has 0 fully saturated rings. The minimum Gasteiger partial charge on any atom is -0.214 e. The molecule has 0 amide bonds. The largest absolute Gasteiger partial charge is 0.501 e. The lowest BCUT2D eigenvalue weighted by Gasteiger charge is -2.08. The van der Waals surface area contributed by atoms with Gasteiger partial charge >= 0.3 is 5.51 Å². The third kappa shape index (κ3) is 2.26. The maximum Gasteiger partial charge on any atom is 0.501 e. The first kappa shape index (κ1) is 12.3. The van der Waals surface area contributed by atoms with Crippen molar-refractivity contribution >= 4 is 21.4 Å². The number of benzene rings is 1. The van der Waals surface area contributed by atoms with E-state index in [1.54, 1.807) is 0 Å². The maximum atomic E-state index is 12.1. The van der Waals surface area contributed by atoms with E-state index in [1.807, 2.05) is 0 Å². The molecule has 84 valence electrons. The van der Waals surface area contributed by atoms with Crippen LogP contribution in [0.2, 0.25) is 5.02 Å². The molecule has 0 aliphatic heterocycles. The van der Waals surface area contributed by atoms with Crippen LogP contribution in [0.3, 0.4) is 0 Å². The third-order valence-electron chi connectivity index (χ3n) is 1.74. The van der Waals surface area contributed by atoms with Crippen LogP contribution in [0.15, 0.2) is 23.1 Å². The second kappa shape index (κ2) is 3.68. The summed E-state index contributed by atoms with van der Waals surface area (Å²) in [6.07, 6.45) is 0. The van der Waals surface area contributed by atoms with Crippen molar-refractivity contribution in [2.45, 2.75) is 17.3 Å². The van der Waals surface area contributed by atoms with Crippen molar-refractivity contribution in [1.82, 2.24) is 0 Å². The Labute approximate surface area is 89.6 Å². The zero-order valence-corrected chi connectivity index (χ0v) is 9.04. The molecular formula is C8H6ClF3O2S. The van der Waals surface area contributed by atoms with Crippen molar-refractivity contribution in [3.8, 4) is 0 Å². The number of alkyl halides is 3. The summed E-state index contributed by atoms with van der Waals surface area (Å²) in [6, 6.07) is 2.85. The van der Waals surface area contributed by atoms with Crippen LogP contribution in [0.1, 0.15) is 5.56 Å². The minimum absolute atomic E-state index is 0.219. The molecule has 1 aromatic rings. The zero-order valence-electron chi connectivity index (χ0n) is 7.47. The topological polar surface area (TPSA) is 34.1 Å². The summed E-state index contributed by atoms with van der Waals surface area (Å²) in [6.45, 7) is 1.43. The molecule has 0 aliphatic rings. The maximum absolute atomic E-state index is 12.1. The van der Waals surface area contributed by atoms with Crippen molar-refractivity contribution in [1.29, 1.82) is 0 Å². The van der Waals surface area contributed by atoms with Crippen LogP contribution in [0.25, 0.3) is 0 Å². The first-order valence-corrected chi connectivity index (χ1v) is 5.60. The zero-order chi connectivity index (χ0) is 11.9. The Kier molecular flexibility index (Phi) is 3.02. The summed E-state index contributed by atoms with van der Waals surface area (Å²) < 4.78 is 58.3. The van der Waals surface area contributed by atoms with Crippen LogP contribution in [0, 0.1) is 6.92 Å². The lowest BCUT2D eigenvalue weighted by molar-refractivity contribution is -0.0436. The van der Waals surface area contributed by atoms with Crippen LogP contribution in [-0.2, 0) is 9.84 Å². The Morgan fingerprint density at radius 1 is 1.27 bits per heavy atom.